The zero-order valence-corrected chi connectivity index (χ0v) is 22.2. The molecule has 0 saturated carbocycles. The van der Waals surface area contributed by atoms with Crippen LogP contribution in [0.1, 0.15) is 50.1 Å². The molecule has 0 radical (unpaired) electrons. The van der Waals surface area contributed by atoms with E-state index in [-0.39, 0.29) is 38.3 Å². The van der Waals surface area contributed by atoms with E-state index >= 15 is 8.78 Å². The van der Waals surface area contributed by atoms with E-state index in [4.69, 9.17) is 9.72 Å². The van der Waals surface area contributed by atoms with Crippen molar-refractivity contribution in [2.75, 3.05) is 45.2 Å². The summed E-state index contributed by atoms with van der Waals surface area (Å²) >= 11 is 0. The van der Waals surface area contributed by atoms with Gasteiger partial charge in [0, 0.05) is 63.9 Å². The zero-order valence-electron chi connectivity index (χ0n) is 22.2. The van der Waals surface area contributed by atoms with Crippen molar-refractivity contribution in [3.63, 3.8) is 0 Å². The number of rotatable bonds is 8. The van der Waals surface area contributed by atoms with E-state index in [9.17, 15) is 14.4 Å². The summed E-state index contributed by atoms with van der Waals surface area (Å²) in [6.07, 6.45) is 2.16. The molecule has 0 aliphatic carbocycles. The van der Waals surface area contributed by atoms with Crippen molar-refractivity contribution in [3.05, 3.63) is 17.8 Å². The third-order valence-electron chi connectivity index (χ3n) is 8.00. The molecule has 38 heavy (non-hydrogen) atoms. The number of carbonyl (C=O) groups is 3. The Labute approximate surface area is 220 Å². The van der Waals surface area contributed by atoms with Gasteiger partial charge in [0.15, 0.2) is 5.65 Å². The fourth-order valence-electron chi connectivity index (χ4n) is 5.79. The van der Waals surface area contributed by atoms with Gasteiger partial charge >= 0.3 is 6.09 Å². The first-order chi connectivity index (χ1) is 18.2. The third-order valence-corrected chi connectivity index (χ3v) is 8.00. The van der Waals surface area contributed by atoms with Gasteiger partial charge in [-0.2, -0.15) is 5.10 Å². The van der Waals surface area contributed by atoms with Gasteiger partial charge in [0.25, 0.3) is 5.92 Å². The molecule has 4 heterocycles. The van der Waals surface area contributed by atoms with E-state index in [1.807, 2.05) is 17.0 Å². The van der Waals surface area contributed by atoms with Crippen molar-refractivity contribution in [1.29, 1.82) is 0 Å². The Morgan fingerprint density at radius 2 is 1.79 bits per heavy atom. The fourth-order valence-corrected chi connectivity index (χ4v) is 5.79. The van der Waals surface area contributed by atoms with E-state index < -0.39 is 29.8 Å². The molecule has 2 amide bonds. The summed E-state index contributed by atoms with van der Waals surface area (Å²) in [6, 6.07) is 3.71. The standard InChI is InChI=1S/C26H36F2N6O4/c1-29-24(36)20(5-4-16-35)22-19-6-7-21(30-23(19)32(2)31-22)33-12-8-17(9-13-33)26(27,28)18-10-14-34(15-11-18)25(37)38-3/h6-7,16-18,20H,4-5,8-15H2,1-3H3,(H,29,36). The second-order valence-corrected chi connectivity index (χ2v) is 10.1. The number of anilines is 1. The topological polar surface area (TPSA) is 110 Å². The summed E-state index contributed by atoms with van der Waals surface area (Å²) in [5.74, 6) is -4.35. The van der Waals surface area contributed by atoms with Crippen molar-refractivity contribution < 1.29 is 27.9 Å². The number of hydrogen-bond acceptors (Lipinski definition) is 7. The Bertz CT molecular complexity index is 1160. The molecule has 0 bridgehead atoms. The average Bonchev–Trinajstić information content (AvgIpc) is 3.28. The van der Waals surface area contributed by atoms with Crippen LogP contribution in [0.3, 0.4) is 0 Å². The van der Waals surface area contributed by atoms with E-state index in [0.29, 0.717) is 49.5 Å². The fraction of sp³-hybridized carbons (Fsp3) is 0.654. The van der Waals surface area contributed by atoms with Crippen molar-refractivity contribution in [2.24, 2.45) is 18.9 Å². The second kappa shape index (κ2) is 11.6. The minimum Gasteiger partial charge on any atom is -0.453 e. The van der Waals surface area contributed by atoms with Gasteiger partial charge in [0.05, 0.1) is 18.7 Å². The molecular weight excluding hydrogens is 498 g/mol. The van der Waals surface area contributed by atoms with Crippen LogP contribution < -0.4 is 10.2 Å². The van der Waals surface area contributed by atoms with Gasteiger partial charge in [-0.25, -0.2) is 18.6 Å². The third kappa shape index (κ3) is 5.44. The number of piperidine rings is 2. The number of likely N-dealkylation sites (tertiary alicyclic amines) is 1. The number of aromatic nitrogens is 3. The summed E-state index contributed by atoms with van der Waals surface area (Å²) < 4.78 is 37.2. The summed E-state index contributed by atoms with van der Waals surface area (Å²) in [4.78, 5) is 43.4. The number of aldehydes is 1. The number of hydrogen-bond donors (Lipinski definition) is 1. The Morgan fingerprint density at radius 3 is 2.37 bits per heavy atom. The number of methoxy groups -OCH3 is 1. The predicted molar refractivity (Wildman–Crippen MR) is 137 cm³/mol. The number of nitrogens with one attached hydrogen (secondary N) is 1. The number of aryl methyl sites for hydroxylation is 1. The molecule has 0 spiro atoms. The highest BCUT2D eigenvalue weighted by Crippen LogP contribution is 2.43. The average molecular weight is 535 g/mol. The molecule has 1 unspecified atom stereocenters. The van der Waals surface area contributed by atoms with Gasteiger partial charge in [-0.15, -0.1) is 0 Å². The number of halogens is 2. The molecule has 2 aromatic rings. The van der Waals surface area contributed by atoms with Crippen molar-refractivity contribution in [1.82, 2.24) is 25.0 Å². The van der Waals surface area contributed by atoms with Crippen LogP contribution in [0, 0.1) is 11.8 Å². The summed E-state index contributed by atoms with van der Waals surface area (Å²) in [6.45, 7) is 1.51. The molecule has 0 aromatic carbocycles. The van der Waals surface area contributed by atoms with Crippen molar-refractivity contribution >= 4 is 35.1 Å². The molecule has 1 N–H and O–H groups in total. The van der Waals surface area contributed by atoms with E-state index in [0.717, 1.165) is 11.7 Å². The van der Waals surface area contributed by atoms with Crippen LogP contribution in [0.5, 0.6) is 0 Å². The second-order valence-electron chi connectivity index (χ2n) is 10.1. The summed E-state index contributed by atoms with van der Waals surface area (Å²) in [5.41, 5.74) is 1.17. The summed E-state index contributed by atoms with van der Waals surface area (Å²) in [5, 5.41) is 7.92. The number of carbonyl (C=O) groups excluding carboxylic acids is 3. The molecule has 2 aliphatic rings. The van der Waals surface area contributed by atoms with E-state index in [1.165, 1.54) is 12.0 Å². The van der Waals surface area contributed by atoms with Crippen LogP contribution in [-0.2, 0) is 21.4 Å². The van der Waals surface area contributed by atoms with E-state index in [1.54, 1.807) is 18.8 Å². The first kappa shape index (κ1) is 27.7. The van der Waals surface area contributed by atoms with Gasteiger partial charge in [-0.1, -0.05) is 0 Å². The van der Waals surface area contributed by atoms with Gasteiger partial charge in [0.2, 0.25) is 5.91 Å². The van der Waals surface area contributed by atoms with Crippen LogP contribution in [0.25, 0.3) is 11.0 Å². The molecule has 1 atom stereocenters. The van der Waals surface area contributed by atoms with Crippen LogP contribution >= 0.6 is 0 Å². The Balaban J connectivity index is 1.43. The number of ether oxygens (including phenoxy) is 1. The lowest BCUT2D eigenvalue weighted by molar-refractivity contribution is -0.128. The zero-order chi connectivity index (χ0) is 27.4. The Hall–Kier alpha value is -3.31. The highest BCUT2D eigenvalue weighted by Gasteiger charge is 2.48. The normalized spacial score (nSPS) is 18.4. The number of alkyl halides is 2. The molecule has 208 valence electrons. The number of fused-ring (bicyclic) bond motifs is 1. The molecule has 2 fully saturated rings. The molecule has 4 rings (SSSR count). The number of likely N-dealkylation sites (N-methyl/N-ethyl adjacent to an activating group) is 1. The maximum Gasteiger partial charge on any atom is 0.409 e. The molecule has 12 heteroatoms. The van der Waals surface area contributed by atoms with Gasteiger partial charge < -0.3 is 24.6 Å². The van der Waals surface area contributed by atoms with Crippen LogP contribution in [0.4, 0.5) is 19.4 Å². The Kier molecular flexibility index (Phi) is 8.47. The highest BCUT2D eigenvalue weighted by atomic mass is 19.3. The molecule has 2 saturated heterocycles. The quantitative estimate of drug-likeness (QED) is 0.519. The largest absolute Gasteiger partial charge is 0.453 e. The van der Waals surface area contributed by atoms with Crippen molar-refractivity contribution in [2.45, 2.75) is 50.4 Å². The van der Waals surface area contributed by atoms with Crippen LogP contribution in [-0.4, -0.2) is 84.2 Å². The van der Waals surface area contributed by atoms with Crippen LogP contribution in [0.15, 0.2) is 12.1 Å². The minimum atomic E-state index is -2.79. The van der Waals surface area contributed by atoms with Crippen LogP contribution in [0.2, 0.25) is 0 Å². The minimum absolute atomic E-state index is 0.213. The first-order valence-electron chi connectivity index (χ1n) is 13.2. The lowest BCUT2D eigenvalue weighted by Gasteiger charge is -2.42. The van der Waals surface area contributed by atoms with Crippen molar-refractivity contribution in [3.8, 4) is 0 Å². The number of amides is 2. The molecule has 2 aromatic heterocycles. The molecular formula is C26H36F2N6O4. The maximum atomic E-state index is 15.4. The first-order valence-corrected chi connectivity index (χ1v) is 13.2. The van der Waals surface area contributed by atoms with E-state index in [2.05, 4.69) is 10.4 Å². The SMILES string of the molecule is CNC(=O)C(CCC=O)c1nn(C)c2nc(N3CCC(C(F)(F)C4CCN(C(=O)OC)CC4)CC3)ccc12. The smallest absolute Gasteiger partial charge is 0.409 e. The molecule has 10 nitrogen and oxygen atoms in total. The monoisotopic (exact) mass is 534 g/mol. The van der Waals surface area contributed by atoms with Gasteiger partial charge in [-0.05, 0) is 44.2 Å². The van der Waals surface area contributed by atoms with Gasteiger partial charge in [-0.3, -0.25) is 9.48 Å². The number of pyridine rings is 1. The highest BCUT2D eigenvalue weighted by molar-refractivity contribution is 5.90. The lowest BCUT2D eigenvalue weighted by atomic mass is 9.79. The lowest BCUT2D eigenvalue weighted by Crippen LogP contribution is -2.48. The number of nitrogens with zero attached hydrogens (tertiary/aromatic N) is 5. The summed E-state index contributed by atoms with van der Waals surface area (Å²) in [7, 11) is 4.60. The predicted octanol–water partition coefficient (Wildman–Crippen LogP) is 3.11. The van der Waals surface area contributed by atoms with Gasteiger partial charge in [0.1, 0.15) is 12.1 Å². The Morgan fingerprint density at radius 1 is 1.16 bits per heavy atom. The molecule has 2 aliphatic heterocycles. The maximum absolute atomic E-state index is 15.4.